The van der Waals surface area contributed by atoms with Gasteiger partial charge in [-0.05, 0) is 25.0 Å². The third-order valence-electron chi connectivity index (χ3n) is 4.40. The van der Waals surface area contributed by atoms with Gasteiger partial charge in [0, 0.05) is 13.2 Å². The lowest BCUT2D eigenvalue weighted by atomic mass is 9.93. The molecule has 0 atom stereocenters. The molecule has 0 spiro atoms. The van der Waals surface area contributed by atoms with E-state index >= 15 is 0 Å². The first-order valence-corrected chi connectivity index (χ1v) is 8.09. The normalized spacial score (nSPS) is 11.2. The van der Waals surface area contributed by atoms with E-state index in [2.05, 4.69) is 10.5 Å². The molecule has 1 aromatic carbocycles. The molecule has 2 aromatic rings. The van der Waals surface area contributed by atoms with Crippen molar-refractivity contribution in [2.45, 2.75) is 32.3 Å². The molecule has 1 N–H and O–H groups in total. The van der Waals surface area contributed by atoms with Gasteiger partial charge in [-0.15, -0.1) is 0 Å². The second-order valence-corrected chi connectivity index (χ2v) is 5.47. The molecular formula is C18H24N2O5. The number of carbonyl (C=O) groups excluding carboxylic acids is 1. The summed E-state index contributed by atoms with van der Waals surface area (Å²) in [5, 5.41) is 6.74. The zero-order chi connectivity index (χ0) is 18.4. The second kappa shape index (κ2) is 8.02. The highest BCUT2D eigenvalue weighted by Gasteiger charge is 2.32. The smallest absolute Gasteiger partial charge is 0.265 e. The van der Waals surface area contributed by atoms with E-state index in [9.17, 15) is 4.79 Å². The first-order valence-electron chi connectivity index (χ1n) is 8.09. The first kappa shape index (κ1) is 18.8. The van der Waals surface area contributed by atoms with Crippen molar-refractivity contribution < 1.29 is 23.5 Å². The number of nitrogens with one attached hydrogen (secondary N) is 1. The van der Waals surface area contributed by atoms with E-state index in [0.717, 1.165) is 12.8 Å². The molecule has 2 rings (SSSR count). The number of hydrogen-bond donors (Lipinski definition) is 1. The van der Waals surface area contributed by atoms with Gasteiger partial charge < -0.3 is 18.7 Å². The number of aromatic nitrogens is 1. The molecule has 1 aromatic heterocycles. The summed E-state index contributed by atoms with van der Waals surface area (Å²) in [5.41, 5.74) is 0.394. The predicted octanol–water partition coefficient (Wildman–Crippen LogP) is 3.61. The number of carbonyl (C=O) groups is 1. The van der Waals surface area contributed by atoms with Gasteiger partial charge in [-0.3, -0.25) is 10.1 Å². The Morgan fingerprint density at radius 1 is 1.16 bits per heavy atom. The molecule has 1 heterocycles. The Balaban J connectivity index is 2.29. The lowest BCUT2D eigenvalue weighted by Gasteiger charge is -2.27. The molecule has 25 heavy (non-hydrogen) atoms. The van der Waals surface area contributed by atoms with Crippen molar-refractivity contribution in [1.29, 1.82) is 0 Å². The average Bonchev–Trinajstić information content (AvgIpc) is 3.11. The van der Waals surface area contributed by atoms with Crippen LogP contribution in [0, 0.1) is 0 Å². The van der Waals surface area contributed by atoms with E-state index in [1.807, 2.05) is 13.8 Å². The van der Waals surface area contributed by atoms with Crippen LogP contribution in [-0.4, -0.2) is 32.4 Å². The number of rotatable bonds is 8. The Hall–Kier alpha value is -2.54. The Morgan fingerprint density at radius 3 is 2.24 bits per heavy atom. The molecular weight excluding hydrogens is 324 g/mol. The van der Waals surface area contributed by atoms with Gasteiger partial charge in [-0.25, -0.2) is 0 Å². The van der Waals surface area contributed by atoms with Gasteiger partial charge in [0.05, 0.1) is 14.2 Å². The standard InChI is InChI=1S/C18H24N2O5/c1-6-18(7-2,24-5)14-11-15(25-20-14)19-17(21)16-12(22-3)9-8-10-13(16)23-4/h8-11H,6-7H2,1-5H3,(H,19,21). The molecule has 0 bridgehead atoms. The van der Waals surface area contributed by atoms with Gasteiger partial charge in [0.1, 0.15) is 28.4 Å². The molecule has 0 aliphatic rings. The number of nitrogens with zero attached hydrogens (tertiary/aromatic N) is 1. The fraction of sp³-hybridized carbons (Fsp3) is 0.444. The van der Waals surface area contributed by atoms with E-state index in [4.69, 9.17) is 18.7 Å². The van der Waals surface area contributed by atoms with Crippen molar-refractivity contribution in [2.75, 3.05) is 26.6 Å². The Bertz CT molecular complexity index is 691. The van der Waals surface area contributed by atoms with Crippen molar-refractivity contribution in [3.05, 3.63) is 35.5 Å². The summed E-state index contributed by atoms with van der Waals surface area (Å²) in [5.74, 6) is 0.638. The summed E-state index contributed by atoms with van der Waals surface area (Å²) < 4.78 is 21.4. The van der Waals surface area contributed by atoms with Crippen LogP contribution in [0.1, 0.15) is 42.7 Å². The van der Waals surface area contributed by atoms with Crippen LogP contribution in [0.2, 0.25) is 0 Å². The SMILES string of the molecule is CCC(CC)(OC)c1cc(NC(=O)c2c(OC)cccc2OC)on1. The van der Waals surface area contributed by atoms with E-state index in [1.165, 1.54) is 14.2 Å². The molecule has 0 aliphatic heterocycles. The van der Waals surface area contributed by atoms with Crippen molar-refractivity contribution in [3.8, 4) is 11.5 Å². The molecule has 1 amide bonds. The molecule has 136 valence electrons. The van der Waals surface area contributed by atoms with Crippen LogP contribution in [-0.2, 0) is 10.3 Å². The minimum Gasteiger partial charge on any atom is -0.496 e. The number of methoxy groups -OCH3 is 3. The highest BCUT2D eigenvalue weighted by molar-refractivity contribution is 6.07. The average molecular weight is 348 g/mol. The summed E-state index contributed by atoms with van der Waals surface area (Å²) in [4.78, 5) is 12.7. The fourth-order valence-corrected chi connectivity index (χ4v) is 2.80. The zero-order valence-corrected chi connectivity index (χ0v) is 15.2. The van der Waals surface area contributed by atoms with Crippen LogP contribution >= 0.6 is 0 Å². The predicted molar refractivity (Wildman–Crippen MR) is 93.3 cm³/mol. The van der Waals surface area contributed by atoms with Crippen LogP contribution < -0.4 is 14.8 Å². The molecule has 7 heteroatoms. The van der Waals surface area contributed by atoms with Crippen LogP contribution in [0.25, 0.3) is 0 Å². The molecule has 0 saturated carbocycles. The summed E-state index contributed by atoms with van der Waals surface area (Å²) in [7, 11) is 4.63. The third kappa shape index (κ3) is 3.61. The van der Waals surface area contributed by atoms with Gasteiger partial charge in [-0.1, -0.05) is 25.1 Å². The highest BCUT2D eigenvalue weighted by atomic mass is 16.5. The zero-order valence-electron chi connectivity index (χ0n) is 15.2. The van der Waals surface area contributed by atoms with Crippen molar-refractivity contribution in [1.82, 2.24) is 5.16 Å². The minimum atomic E-state index is -0.533. The summed E-state index contributed by atoms with van der Waals surface area (Å²) >= 11 is 0. The maximum absolute atomic E-state index is 12.7. The summed E-state index contributed by atoms with van der Waals surface area (Å²) in [6.07, 6.45) is 1.47. The fourth-order valence-electron chi connectivity index (χ4n) is 2.80. The van der Waals surface area contributed by atoms with Gasteiger partial charge in [-0.2, -0.15) is 0 Å². The summed E-state index contributed by atoms with van der Waals surface area (Å²) in [6, 6.07) is 6.80. The van der Waals surface area contributed by atoms with Gasteiger partial charge in [0.2, 0.25) is 5.88 Å². The number of amides is 1. The topological polar surface area (TPSA) is 82.8 Å². The maximum Gasteiger partial charge on any atom is 0.265 e. The number of ether oxygens (including phenoxy) is 3. The monoisotopic (exact) mass is 348 g/mol. The molecule has 0 saturated heterocycles. The van der Waals surface area contributed by atoms with E-state index in [-0.39, 0.29) is 11.4 Å². The molecule has 0 unspecified atom stereocenters. The quantitative estimate of drug-likeness (QED) is 0.785. The van der Waals surface area contributed by atoms with Crippen molar-refractivity contribution in [3.63, 3.8) is 0 Å². The van der Waals surface area contributed by atoms with Crippen LogP contribution in [0.4, 0.5) is 5.88 Å². The number of anilines is 1. The number of benzene rings is 1. The largest absolute Gasteiger partial charge is 0.496 e. The van der Waals surface area contributed by atoms with Gasteiger partial charge in [0.25, 0.3) is 5.91 Å². The lowest BCUT2D eigenvalue weighted by Crippen LogP contribution is -2.27. The Labute approximate surface area is 147 Å². The first-order chi connectivity index (χ1) is 12.0. The molecule has 0 radical (unpaired) electrons. The van der Waals surface area contributed by atoms with E-state index in [1.54, 1.807) is 31.4 Å². The van der Waals surface area contributed by atoms with Crippen LogP contribution in [0.3, 0.4) is 0 Å². The van der Waals surface area contributed by atoms with Crippen molar-refractivity contribution >= 4 is 11.8 Å². The van der Waals surface area contributed by atoms with E-state index < -0.39 is 11.5 Å². The van der Waals surface area contributed by atoms with Crippen LogP contribution in [0.5, 0.6) is 11.5 Å². The highest BCUT2D eigenvalue weighted by Crippen LogP contribution is 2.34. The Morgan fingerprint density at radius 2 is 1.76 bits per heavy atom. The molecule has 0 fully saturated rings. The molecule has 0 aliphatic carbocycles. The molecule has 7 nitrogen and oxygen atoms in total. The van der Waals surface area contributed by atoms with Gasteiger partial charge in [0.15, 0.2) is 0 Å². The second-order valence-electron chi connectivity index (χ2n) is 5.47. The number of hydrogen-bond acceptors (Lipinski definition) is 6. The van der Waals surface area contributed by atoms with Crippen molar-refractivity contribution in [2.24, 2.45) is 0 Å². The third-order valence-corrected chi connectivity index (χ3v) is 4.40. The summed E-state index contributed by atoms with van der Waals surface area (Å²) in [6.45, 7) is 4.03. The van der Waals surface area contributed by atoms with Gasteiger partial charge >= 0.3 is 0 Å². The Kier molecular flexibility index (Phi) is 6.03. The van der Waals surface area contributed by atoms with Crippen LogP contribution in [0.15, 0.2) is 28.8 Å². The lowest BCUT2D eigenvalue weighted by molar-refractivity contribution is -0.0274. The maximum atomic E-state index is 12.7. The minimum absolute atomic E-state index is 0.233. The van der Waals surface area contributed by atoms with E-state index in [0.29, 0.717) is 17.2 Å².